The highest BCUT2D eigenvalue weighted by atomic mass is 16.4. The topological polar surface area (TPSA) is 118 Å². The Kier molecular flexibility index (Phi) is 1580. The molecule has 0 saturated heterocycles. The summed E-state index contributed by atoms with van der Waals surface area (Å²) in [7, 11) is 11.4. The van der Waals surface area contributed by atoms with Gasteiger partial charge in [-0.25, -0.2) is 0 Å². The van der Waals surface area contributed by atoms with E-state index in [1.165, 1.54) is 12.8 Å². The summed E-state index contributed by atoms with van der Waals surface area (Å²) in [5.41, 5.74) is 0. The van der Waals surface area contributed by atoms with Gasteiger partial charge in [-0.1, -0.05) is 415 Å². The van der Waals surface area contributed by atoms with Crippen LogP contribution in [-0.4, -0.2) is 104 Å². The van der Waals surface area contributed by atoms with E-state index < -0.39 is 24.1 Å². The molecule has 0 aromatic heterocycles. The van der Waals surface area contributed by atoms with Crippen LogP contribution in [-0.2, 0) is 9.59 Å². The average Bonchev–Trinajstić information content (AvgIpc) is 3.55. The highest BCUT2D eigenvalue weighted by molar-refractivity contribution is 5.67. The summed E-state index contributed by atoms with van der Waals surface area (Å²) in [4.78, 5) is 20.1. The number of aliphatic carboxylic acids is 2. The zero-order chi connectivity index (χ0) is 75.6. The van der Waals surface area contributed by atoms with Gasteiger partial charge in [0.25, 0.3) is 0 Å². The lowest BCUT2D eigenvalue weighted by atomic mass is 10.2. The number of aliphatic hydroxyl groups excluding tert-OH is 2. The molecule has 0 fully saturated rings. The Hall–Kier alpha value is -1.22. The van der Waals surface area contributed by atoms with Crippen LogP contribution in [0.5, 0.6) is 0 Å². The van der Waals surface area contributed by atoms with E-state index in [9.17, 15) is 14.7 Å². The monoisotopic (exact) mass is 1220 g/mol. The van der Waals surface area contributed by atoms with Crippen LogP contribution in [0.4, 0.5) is 0 Å². The lowest BCUT2D eigenvalue weighted by molar-refractivity contribution is -0.873. The molecule has 552 valence electrons. The van der Waals surface area contributed by atoms with E-state index in [4.69, 9.17) is 15.3 Å². The molecule has 0 amide bonds. The Morgan fingerprint density at radius 1 is 0.280 bits per heavy atom. The minimum atomic E-state index is -1.20. The van der Waals surface area contributed by atoms with Crippen LogP contribution in [0.3, 0.4) is 0 Å². The average molecular weight is 1230 g/mol. The minimum absolute atomic E-state index is 0. The van der Waals surface area contributed by atoms with Gasteiger partial charge in [-0.05, 0) is 0 Å². The lowest BCUT2D eigenvalue weighted by Crippen LogP contribution is -2.43. The smallest absolute Gasteiger partial charge is 0.306 e. The summed E-state index contributed by atoms with van der Waals surface area (Å²) in [6.45, 7) is 113. The maximum atomic E-state index is 10.1. The predicted octanol–water partition coefficient (Wildman–Crippen LogP) is 28.5. The third-order valence-corrected chi connectivity index (χ3v) is 2.33. The van der Waals surface area contributed by atoms with Gasteiger partial charge in [0.05, 0.1) is 48.7 Å². The zero-order valence-electron chi connectivity index (χ0n) is 71.9. The molecule has 0 aliphatic heterocycles. The largest absolute Gasteiger partial charge is 0.550 e. The molecule has 0 heterocycles. The first-order valence-corrected chi connectivity index (χ1v) is 35.8. The summed E-state index contributed by atoms with van der Waals surface area (Å²) in [5, 5.41) is 36.6. The molecule has 0 bridgehead atoms. The minimum Gasteiger partial charge on any atom is -0.550 e. The summed E-state index contributed by atoms with van der Waals surface area (Å²) in [6, 6.07) is 0. The molecule has 0 rings (SSSR count). The molecule has 0 aromatic carbocycles. The number of aliphatic hydroxyl groups is 2. The molecule has 0 radical (unpaired) electrons. The van der Waals surface area contributed by atoms with Gasteiger partial charge in [0, 0.05) is 12.4 Å². The molecule has 0 aliphatic rings. The quantitative estimate of drug-likeness (QED) is 0.208. The highest BCUT2D eigenvalue weighted by Crippen LogP contribution is 1.99. The first-order chi connectivity index (χ1) is 38.4. The molecule has 2 atom stereocenters. The molecular formula is C74H211N2O6+. The van der Waals surface area contributed by atoms with Gasteiger partial charge < -0.3 is 34.2 Å². The second-order valence-corrected chi connectivity index (χ2v) is 8.84. The lowest BCUT2D eigenvalue weighted by Gasteiger charge is -2.26. The van der Waals surface area contributed by atoms with Crippen molar-refractivity contribution in [2.75, 3.05) is 55.4 Å². The summed E-state index contributed by atoms with van der Waals surface area (Å²) in [6.07, 6.45) is 0.498. The number of carbonyl (C=O) groups excluding carboxylic acids is 1. The maximum Gasteiger partial charge on any atom is 0.306 e. The molecule has 0 aliphatic carbocycles. The van der Waals surface area contributed by atoms with Gasteiger partial charge in [-0.2, -0.15) is 0 Å². The van der Waals surface area contributed by atoms with E-state index in [1.807, 2.05) is 402 Å². The molecule has 82 heavy (non-hydrogen) atoms. The third-order valence-electron chi connectivity index (χ3n) is 2.33. The molecule has 8 heteroatoms. The molecular weight excluding hydrogens is 1010 g/mol. The Morgan fingerprint density at radius 2 is 0.366 bits per heavy atom. The molecule has 8 nitrogen and oxygen atoms in total. The Balaban J connectivity index is -0.0000000110. The second-order valence-electron chi connectivity index (χ2n) is 8.84. The number of carboxylic acids is 2. The fourth-order valence-corrected chi connectivity index (χ4v) is 1.79. The van der Waals surface area contributed by atoms with Crippen molar-refractivity contribution in [3.05, 3.63) is 0 Å². The van der Waals surface area contributed by atoms with E-state index in [0.29, 0.717) is 22.1 Å². The van der Waals surface area contributed by atoms with E-state index in [-0.39, 0.29) is 27.7 Å². The third kappa shape index (κ3) is 1690. The molecule has 3 N–H and O–H groups in total. The maximum absolute atomic E-state index is 10.1. The van der Waals surface area contributed by atoms with Crippen molar-refractivity contribution >= 4 is 11.9 Å². The van der Waals surface area contributed by atoms with E-state index in [0.717, 1.165) is 0 Å². The van der Waals surface area contributed by atoms with Crippen molar-refractivity contribution in [3.63, 3.8) is 0 Å². The van der Waals surface area contributed by atoms with Crippen LogP contribution in [0, 0.1) is 0 Å². The normalized spacial score (nSPS) is 6.24. The SMILES string of the molecule is C.C.CC.CC.CC.CC.CC.CC.CC.CC.CC.CC.CC.CC.CC.CC.CC.CC.CC.CC.CC.CC.CC.CC.CC.CC.CC.CC.CCC.CCC.C[N+](C)(C)C[C@H](O)CC(=O)O.C[N+](C)(C)C[C@H](O)CC(=O)[O-]. The summed E-state index contributed by atoms with van der Waals surface area (Å²) >= 11 is 0. The van der Waals surface area contributed by atoms with Crippen LogP contribution >= 0.6 is 0 Å². The van der Waals surface area contributed by atoms with Crippen molar-refractivity contribution in [2.45, 2.75) is 440 Å². The first-order valence-electron chi connectivity index (χ1n) is 35.8. The fourth-order valence-electron chi connectivity index (χ4n) is 1.79. The van der Waals surface area contributed by atoms with Gasteiger partial charge in [0.15, 0.2) is 0 Å². The van der Waals surface area contributed by atoms with Crippen molar-refractivity contribution in [1.29, 1.82) is 0 Å². The van der Waals surface area contributed by atoms with Crippen molar-refractivity contribution < 1.29 is 39.0 Å². The number of rotatable bonds is 8. The zero-order valence-corrected chi connectivity index (χ0v) is 71.9. The summed E-state index contributed by atoms with van der Waals surface area (Å²) < 4.78 is 1.13. The number of hydrogen-bond donors (Lipinski definition) is 3. The highest BCUT2D eigenvalue weighted by Gasteiger charge is 2.17. The number of carbonyl (C=O) groups is 2. The second kappa shape index (κ2) is 598. The van der Waals surface area contributed by atoms with Gasteiger partial charge >= 0.3 is 5.97 Å². The fraction of sp³-hybridized carbons (Fsp3) is 0.973. The molecule has 0 aromatic rings. The van der Waals surface area contributed by atoms with E-state index in [2.05, 4.69) is 27.7 Å². The Bertz CT molecular complexity index is 354. The van der Waals surface area contributed by atoms with Crippen LogP contribution < -0.4 is 5.11 Å². The van der Waals surface area contributed by atoms with Crippen LogP contribution in [0.15, 0.2) is 0 Å². The number of hydrogen-bond acceptors (Lipinski definition) is 5. The predicted molar refractivity (Wildman–Crippen MR) is 420 cm³/mol. The van der Waals surface area contributed by atoms with Crippen LogP contribution in [0.2, 0.25) is 0 Å². The number of carboxylic acid groups (broad SMARTS) is 2. The molecule has 0 unspecified atom stereocenters. The number of nitrogens with zero attached hydrogens (tertiary/aromatic N) is 2. The van der Waals surface area contributed by atoms with Crippen molar-refractivity contribution in [1.82, 2.24) is 0 Å². The van der Waals surface area contributed by atoms with Gasteiger partial charge in [-0.15, -0.1) is 0 Å². The van der Waals surface area contributed by atoms with E-state index in [1.54, 1.807) is 0 Å². The molecule has 0 saturated carbocycles. The standard InChI is InChI=1S/2C7H15NO3.2C3H8.26C2H6.2CH4/c2*1-8(2,3)5-6(9)4-7(10)11;2*1-3-2;26*1-2;;/h2*6,9H,4-5H2,1-3H3;2*3H2,1-2H3;26*1-2H3;2*1H4/p+1/t2*6-;;;;;;;;;;;;;;;;;;;;;;;;;;;;;;/m11............................../s1. The number of likely N-dealkylation sites (N-methyl/N-ethyl adjacent to an activating group) is 2. The number of quaternary nitrogens is 2. The molecule has 0 spiro atoms. The van der Waals surface area contributed by atoms with Crippen molar-refractivity contribution in [2.24, 2.45) is 0 Å². The van der Waals surface area contributed by atoms with Crippen LogP contribution in [0.25, 0.3) is 0 Å². The Morgan fingerprint density at radius 3 is 0.427 bits per heavy atom. The van der Waals surface area contributed by atoms with Crippen LogP contribution in [0.1, 0.15) is 428 Å². The van der Waals surface area contributed by atoms with Gasteiger partial charge in [0.1, 0.15) is 25.3 Å². The first kappa shape index (κ1) is 216. The van der Waals surface area contributed by atoms with Crippen molar-refractivity contribution in [3.8, 4) is 0 Å². The Labute approximate surface area is 544 Å². The summed E-state index contributed by atoms with van der Waals surface area (Å²) in [5.74, 6) is -2.16. The van der Waals surface area contributed by atoms with E-state index >= 15 is 0 Å². The van der Waals surface area contributed by atoms with Gasteiger partial charge in [0.2, 0.25) is 0 Å². The van der Waals surface area contributed by atoms with Gasteiger partial charge in [-0.3, -0.25) is 4.79 Å².